The Morgan fingerprint density at radius 2 is 2.28 bits per heavy atom. The minimum atomic E-state index is 0.218. The van der Waals surface area contributed by atoms with Gasteiger partial charge in [-0.25, -0.2) is 4.68 Å². The first-order valence-electron chi connectivity index (χ1n) is 6.90. The third kappa shape index (κ3) is 3.46. The summed E-state index contributed by atoms with van der Waals surface area (Å²) in [5.74, 6) is 1.81. The number of hydrogen-bond acceptors (Lipinski definition) is 4. The summed E-state index contributed by atoms with van der Waals surface area (Å²) in [7, 11) is 0. The smallest absolute Gasteiger partial charge is 0.124 e. The molecule has 1 aromatic heterocycles. The topological polar surface area (TPSA) is 67.9 Å². The summed E-state index contributed by atoms with van der Waals surface area (Å²) < 4.78 is 2.06. The van der Waals surface area contributed by atoms with Crippen molar-refractivity contribution in [3.63, 3.8) is 0 Å². The number of nitrogens with two attached hydrogens (primary N) is 1. The first kappa shape index (κ1) is 13.4. The predicted molar refractivity (Wildman–Crippen MR) is 74.7 cm³/mol. The van der Waals surface area contributed by atoms with Crippen molar-refractivity contribution in [1.29, 1.82) is 0 Å². The van der Waals surface area contributed by atoms with Gasteiger partial charge in [-0.05, 0) is 18.8 Å². The molecule has 0 bridgehead atoms. The lowest BCUT2D eigenvalue weighted by molar-refractivity contribution is 0.321. The minimum Gasteiger partial charge on any atom is -0.369 e. The van der Waals surface area contributed by atoms with Gasteiger partial charge in [-0.1, -0.05) is 13.8 Å². The van der Waals surface area contributed by atoms with Gasteiger partial charge in [-0.2, -0.15) is 5.10 Å². The number of aromatic nitrogens is 2. The van der Waals surface area contributed by atoms with Crippen LogP contribution in [0.5, 0.6) is 0 Å². The zero-order chi connectivity index (χ0) is 13.0. The Kier molecular flexibility index (Phi) is 4.60. The molecule has 0 radical (unpaired) electrons. The maximum atomic E-state index is 6.11. The second kappa shape index (κ2) is 6.20. The van der Waals surface area contributed by atoms with Crippen molar-refractivity contribution in [2.75, 3.05) is 25.0 Å². The van der Waals surface area contributed by atoms with E-state index < -0.39 is 0 Å². The molecule has 102 valence electrons. The van der Waals surface area contributed by atoms with E-state index in [0.717, 1.165) is 37.8 Å². The average molecular weight is 251 g/mol. The monoisotopic (exact) mass is 251 g/mol. The van der Waals surface area contributed by atoms with Crippen LogP contribution < -0.4 is 16.4 Å². The molecule has 0 spiro atoms. The lowest BCUT2D eigenvalue weighted by atomic mass is 10.0. The fraction of sp³-hybridized carbons (Fsp3) is 0.769. The van der Waals surface area contributed by atoms with Crippen molar-refractivity contribution in [2.45, 2.75) is 38.8 Å². The Morgan fingerprint density at radius 3 is 2.89 bits per heavy atom. The molecule has 4 N–H and O–H groups in total. The third-order valence-electron chi connectivity index (χ3n) is 3.44. The molecule has 1 fully saturated rings. The van der Waals surface area contributed by atoms with Crippen LogP contribution in [0.3, 0.4) is 0 Å². The molecule has 0 aliphatic carbocycles. The summed E-state index contributed by atoms with van der Waals surface area (Å²) in [5, 5.41) is 11.0. The molecule has 0 aromatic carbocycles. The van der Waals surface area contributed by atoms with Gasteiger partial charge in [0.15, 0.2) is 0 Å². The van der Waals surface area contributed by atoms with Crippen LogP contribution in [0.1, 0.15) is 32.7 Å². The van der Waals surface area contributed by atoms with Gasteiger partial charge in [0.2, 0.25) is 0 Å². The summed E-state index contributed by atoms with van der Waals surface area (Å²) >= 11 is 0. The highest BCUT2D eigenvalue weighted by Gasteiger charge is 2.21. The van der Waals surface area contributed by atoms with E-state index in [1.807, 2.05) is 12.3 Å². The van der Waals surface area contributed by atoms with E-state index in [1.54, 1.807) is 0 Å². The second-order valence-electron chi connectivity index (χ2n) is 5.59. The number of nitrogens with zero attached hydrogens (tertiary/aromatic N) is 2. The third-order valence-corrected chi connectivity index (χ3v) is 3.44. The van der Waals surface area contributed by atoms with Gasteiger partial charge in [-0.3, -0.25) is 0 Å². The first-order chi connectivity index (χ1) is 8.66. The molecule has 5 heteroatoms. The fourth-order valence-corrected chi connectivity index (χ4v) is 2.08. The Hall–Kier alpha value is -1.07. The van der Waals surface area contributed by atoms with Gasteiger partial charge in [0.1, 0.15) is 5.82 Å². The van der Waals surface area contributed by atoms with Crippen LogP contribution in [0.15, 0.2) is 12.3 Å². The van der Waals surface area contributed by atoms with Crippen LogP contribution in [-0.4, -0.2) is 35.5 Å². The largest absolute Gasteiger partial charge is 0.369 e. The number of nitrogens with one attached hydrogen (secondary N) is 2. The summed E-state index contributed by atoms with van der Waals surface area (Å²) in [5.41, 5.74) is 6.11. The average Bonchev–Trinajstić information content (AvgIpc) is 2.69. The predicted octanol–water partition coefficient (Wildman–Crippen LogP) is 1.20. The van der Waals surface area contributed by atoms with E-state index in [9.17, 15) is 0 Å². The van der Waals surface area contributed by atoms with Crippen LogP contribution in [0.2, 0.25) is 0 Å². The van der Waals surface area contributed by atoms with Crippen LogP contribution in [0, 0.1) is 5.92 Å². The molecule has 1 aliphatic heterocycles. The molecule has 2 rings (SSSR count). The second-order valence-corrected chi connectivity index (χ2v) is 5.59. The van der Waals surface area contributed by atoms with Crippen molar-refractivity contribution < 1.29 is 0 Å². The van der Waals surface area contributed by atoms with E-state index in [0.29, 0.717) is 6.04 Å². The van der Waals surface area contributed by atoms with Crippen LogP contribution in [-0.2, 0) is 0 Å². The molecule has 1 atom stereocenters. The highest BCUT2D eigenvalue weighted by molar-refractivity contribution is 5.35. The summed E-state index contributed by atoms with van der Waals surface area (Å²) in [6, 6.07) is 2.73. The zero-order valence-electron chi connectivity index (χ0n) is 11.4. The lowest BCUT2D eigenvalue weighted by Gasteiger charge is -2.29. The van der Waals surface area contributed by atoms with E-state index in [-0.39, 0.29) is 6.04 Å². The Bertz CT molecular complexity index is 356. The van der Waals surface area contributed by atoms with Gasteiger partial charge < -0.3 is 16.4 Å². The van der Waals surface area contributed by atoms with Crippen LogP contribution in [0.25, 0.3) is 0 Å². The maximum Gasteiger partial charge on any atom is 0.124 e. The van der Waals surface area contributed by atoms with Gasteiger partial charge in [0.25, 0.3) is 0 Å². The molecule has 18 heavy (non-hydrogen) atoms. The van der Waals surface area contributed by atoms with Gasteiger partial charge in [0, 0.05) is 31.7 Å². The normalized spacial score (nSPS) is 17.8. The minimum absolute atomic E-state index is 0.218. The highest BCUT2D eigenvalue weighted by atomic mass is 15.4. The molecule has 1 aromatic rings. The van der Waals surface area contributed by atoms with E-state index >= 15 is 0 Å². The molecule has 1 aliphatic rings. The molecule has 2 heterocycles. The molecule has 0 amide bonds. The molecule has 5 nitrogen and oxygen atoms in total. The maximum absolute atomic E-state index is 6.11. The van der Waals surface area contributed by atoms with E-state index in [2.05, 4.69) is 34.3 Å². The highest BCUT2D eigenvalue weighted by Crippen LogP contribution is 2.17. The van der Waals surface area contributed by atoms with Gasteiger partial charge in [-0.15, -0.1) is 0 Å². The van der Waals surface area contributed by atoms with Crippen molar-refractivity contribution >= 4 is 5.82 Å². The van der Waals surface area contributed by atoms with Gasteiger partial charge in [0.05, 0.1) is 12.2 Å². The molecular formula is C13H25N5. The van der Waals surface area contributed by atoms with Crippen LogP contribution >= 0.6 is 0 Å². The zero-order valence-corrected chi connectivity index (χ0v) is 11.4. The number of hydrogen-bond donors (Lipinski definition) is 3. The van der Waals surface area contributed by atoms with Crippen molar-refractivity contribution in [3.8, 4) is 0 Å². The van der Waals surface area contributed by atoms with E-state index in [4.69, 9.17) is 5.73 Å². The van der Waals surface area contributed by atoms with Crippen molar-refractivity contribution in [2.24, 2.45) is 11.7 Å². The van der Waals surface area contributed by atoms with Crippen molar-refractivity contribution in [1.82, 2.24) is 15.1 Å². The molecular weight excluding hydrogens is 226 g/mol. The lowest BCUT2D eigenvalue weighted by Crippen LogP contribution is -2.44. The standard InChI is InChI=1S/C13H25N5/c1-10(2)3-4-11(14)7-16-13-5-6-17-18(13)12-8-15-9-12/h5-6,10-12,15-16H,3-4,7-9,14H2,1-2H3. The van der Waals surface area contributed by atoms with E-state index in [1.165, 1.54) is 6.42 Å². The Morgan fingerprint density at radius 1 is 1.50 bits per heavy atom. The SMILES string of the molecule is CC(C)CCC(N)CNc1ccnn1C1CNC1. The number of anilines is 1. The van der Waals surface area contributed by atoms with Gasteiger partial charge >= 0.3 is 0 Å². The Balaban J connectivity index is 1.77. The van der Waals surface area contributed by atoms with Crippen LogP contribution in [0.4, 0.5) is 5.82 Å². The Labute approximate surface area is 109 Å². The first-order valence-corrected chi connectivity index (χ1v) is 6.90. The fourth-order valence-electron chi connectivity index (χ4n) is 2.08. The van der Waals surface area contributed by atoms with Crippen molar-refractivity contribution in [3.05, 3.63) is 12.3 Å². The molecule has 1 unspecified atom stereocenters. The summed E-state index contributed by atoms with van der Waals surface area (Å²) in [6.07, 6.45) is 4.11. The summed E-state index contributed by atoms with van der Waals surface area (Å²) in [4.78, 5) is 0. The quantitative estimate of drug-likeness (QED) is 0.681. The summed E-state index contributed by atoms with van der Waals surface area (Å²) in [6.45, 7) is 7.31. The molecule has 1 saturated heterocycles. The number of rotatable bonds is 7. The molecule has 0 saturated carbocycles.